The number of ether oxygens (including phenoxy) is 1. The van der Waals surface area contributed by atoms with E-state index in [1.54, 1.807) is 7.11 Å². The zero-order valence-corrected chi connectivity index (χ0v) is 21.3. The van der Waals surface area contributed by atoms with Crippen LogP contribution < -0.4 is 10.1 Å². The summed E-state index contributed by atoms with van der Waals surface area (Å²) in [4.78, 5) is 12.5. The van der Waals surface area contributed by atoms with Gasteiger partial charge in [-0.15, -0.1) is 0 Å². The molecule has 0 spiro atoms. The Kier molecular flexibility index (Phi) is 8.47. The van der Waals surface area contributed by atoms with E-state index in [2.05, 4.69) is 50.9 Å². The Bertz CT molecular complexity index is 968. The monoisotopic (exact) mass is 455 g/mol. The van der Waals surface area contributed by atoms with Crippen molar-refractivity contribution in [3.05, 3.63) is 71.0 Å². The predicted molar refractivity (Wildman–Crippen MR) is 137 cm³/mol. The lowest BCUT2D eigenvalue weighted by atomic mass is 9.95. The molecule has 2 aromatic carbocycles. The molecule has 0 bridgehead atoms. The van der Waals surface area contributed by atoms with Crippen molar-refractivity contribution in [3.8, 4) is 5.75 Å². The number of nitrogens with one attached hydrogen (secondary N) is 1. The number of aliphatic hydroxyl groups is 1. The van der Waals surface area contributed by atoms with Gasteiger partial charge in [0.1, 0.15) is 5.75 Å². The zero-order valence-electron chi connectivity index (χ0n) is 20.5. The summed E-state index contributed by atoms with van der Waals surface area (Å²) in [5.74, 6) is 1.80. The van der Waals surface area contributed by atoms with E-state index in [1.807, 2.05) is 50.7 Å². The van der Waals surface area contributed by atoms with Crippen molar-refractivity contribution in [3.63, 3.8) is 0 Å². The minimum Gasteiger partial charge on any atom is -0.513 e. The normalized spacial score (nSPS) is 11.8. The number of amides is 1. The topological polar surface area (TPSA) is 58.6 Å². The number of allylic oxidation sites excluding steroid dienone is 1. The van der Waals surface area contributed by atoms with Crippen molar-refractivity contribution < 1.29 is 14.6 Å². The third-order valence-electron chi connectivity index (χ3n) is 4.94. The maximum absolute atomic E-state index is 12.5. The summed E-state index contributed by atoms with van der Waals surface area (Å²) in [7, 11) is 1.67. The third-order valence-corrected chi connectivity index (χ3v) is 6.26. The second-order valence-corrected chi connectivity index (χ2v) is 12.0. The van der Waals surface area contributed by atoms with E-state index in [4.69, 9.17) is 4.74 Å². The second-order valence-electron chi connectivity index (χ2n) is 10.2. The number of carbonyl (C=O) groups excluding carboxylic acids is 1. The van der Waals surface area contributed by atoms with Crippen molar-refractivity contribution in [1.82, 2.24) is 0 Å². The molecule has 174 valence electrons. The number of carbonyl (C=O) groups is 1. The molecular weight excluding hydrogens is 418 g/mol. The first kappa shape index (κ1) is 25.9. The van der Waals surface area contributed by atoms with Crippen LogP contribution in [0.5, 0.6) is 5.75 Å². The predicted octanol–water partition coefficient (Wildman–Crippen LogP) is 6.92. The van der Waals surface area contributed by atoms with E-state index >= 15 is 0 Å². The smallest absolute Gasteiger partial charge is 0.229 e. The van der Waals surface area contributed by atoms with Crippen molar-refractivity contribution in [2.45, 2.75) is 64.9 Å². The minimum atomic E-state index is -0.455. The van der Waals surface area contributed by atoms with Gasteiger partial charge in [-0.25, -0.2) is 0 Å². The Morgan fingerprint density at radius 1 is 1.03 bits per heavy atom. The van der Waals surface area contributed by atoms with Crippen LogP contribution in [0.4, 0.5) is 5.69 Å². The number of hydrogen-bond acceptors (Lipinski definition) is 4. The van der Waals surface area contributed by atoms with E-state index in [0.29, 0.717) is 12.8 Å². The first-order valence-corrected chi connectivity index (χ1v) is 11.9. The number of anilines is 1. The summed E-state index contributed by atoms with van der Waals surface area (Å²) in [6.45, 7) is 16.0. The van der Waals surface area contributed by atoms with E-state index < -0.39 is 5.41 Å². The van der Waals surface area contributed by atoms with Crippen LogP contribution in [0, 0.1) is 5.41 Å². The van der Waals surface area contributed by atoms with Gasteiger partial charge in [-0.1, -0.05) is 66.3 Å². The van der Waals surface area contributed by atoms with Gasteiger partial charge in [-0.05, 0) is 40.5 Å². The number of methoxy groups -OCH3 is 1. The Hall–Kier alpha value is -2.40. The van der Waals surface area contributed by atoms with Gasteiger partial charge in [0, 0.05) is 34.4 Å². The van der Waals surface area contributed by atoms with Crippen molar-refractivity contribution in [1.29, 1.82) is 0 Å². The average molecular weight is 456 g/mol. The van der Waals surface area contributed by atoms with Gasteiger partial charge in [-0.3, -0.25) is 4.79 Å². The Labute approximate surface area is 197 Å². The van der Waals surface area contributed by atoms with Crippen molar-refractivity contribution in [2.24, 2.45) is 5.41 Å². The number of hydrogen-bond donors (Lipinski definition) is 2. The standard InChI is InChI=1S/C27H37NO3S/c1-18(29)13-19-9-12-24(31-8)21(14-19)15-20-10-11-23(28-25(30)26(2,3)4)16-22(20)17-32-27(5,6)7/h9-12,14,16,29H,1,13,15,17H2,2-8H3,(H,28,30). The van der Waals surface area contributed by atoms with Crippen LogP contribution in [-0.2, 0) is 23.4 Å². The Balaban J connectivity index is 2.41. The van der Waals surface area contributed by atoms with Gasteiger partial charge in [0.05, 0.1) is 12.9 Å². The van der Waals surface area contributed by atoms with Crippen molar-refractivity contribution >= 4 is 23.4 Å². The molecule has 2 N–H and O–H groups in total. The fraction of sp³-hybridized carbons (Fsp3) is 0.444. The van der Waals surface area contributed by atoms with Crippen LogP contribution in [0.3, 0.4) is 0 Å². The molecule has 0 aliphatic heterocycles. The van der Waals surface area contributed by atoms with Crippen LogP contribution >= 0.6 is 11.8 Å². The van der Waals surface area contributed by atoms with Gasteiger partial charge in [0.25, 0.3) is 0 Å². The van der Waals surface area contributed by atoms with Crippen LogP contribution in [-0.4, -0.2) is 22.9 Å². The highest BCUT2D eigenvalue weighted by atomic mass is 32.2. The molecule has 2 rings (SSSR count). The van der Waals surface area contributed by atoms with Gasteiger partial charge < -0.3 is 15.2 Å². The molecule has 0 unspecified atom stereocenters. The van der Waals surface area contributed by atoms with Gasteiger partial charge in [-0.2, -0.15) is 11.8 Å². The molecule has 0 atom stereocenters. The highest BCUT2D eigenvalue weighted by Gasteiger charge is 2.22. The highest BCUT2D eigenvalue weighted by molar-refractivity contribution is 7.99. The SMILES string of the molecule is C=C(O)Cc1ccc(OC)c(Cc2ccc(NC(=O)C(C)(C)C)cc2CSC(C)(C)C)c1. The molecule has 4 nitrogen and oxygen atoms in total. The number of benzene rings is 2. The lowest BCUT2D eigenvalue weighted by Gasteiger charge is -2.21. The molecule has 2 aromatic rings. The molecule has 1 amide bonds. The van der Waals surface area contributed by atoms with Crippen molar-refractivity contribution in [2.75, 3.05) is 12.4 Å². The second kappa shape index (κ2) is 10.5. The number of aliphatic hydroxyl groups excluding tert-OH is 1. The maximum atomic E-state index is 12.5. The summed E-state index contributed by atoms with van der Waals surface area (Å²) in [5, 5.41) is 12.7. The van der Waals surface area contributed by atoms with Crippen LogP contribution in [0.25, 0.3) is 0 Å². The summed E-state index contributed by atoms with van der Waals surface area (Å²) in [5.41, 5.74) is 4.79. The van der Waals surface area contributed by atoms with Gasteiger partial charge in [0.15, 0.2) is 0 Å². The minimum absolute atomic E-state index is 0.00159. The summed E-state index contributed by atoms with van der Waals surface area (Å²) >= 11 is 1.88. The van der Waals surface area contributed by atoms with Crippen LogP contribution in [0.15, 0.2) is 48.7 Å². The number of thioether (sulfide) groups is 1. The first-order chi connectivity index (χ1) is 14.8. The Morgan fingerprint density at radius 3 is 2.28 bits per heavy atom. The van der Waals surface area contributed by atoms with E-state index in [-0.39, 0.29) is 16.4 Å². The lowest BCUT2D eigenvalue weighted by molar-refractivity contribution is -0.123. The number of rotatable bonds is 8. The largest absolute Gasteiger partial charge is 0.513 e. The molecule has 0 heterocycles. The lowest BCUT2D eigenvalue weighted by Crippen LogP contribution is -2.27. The molecule has 0 radical (unpaired) electrons. The molecule has 0 saturated heterocycles. The molecule has 32 heavy (non-hydrogen) atoms. The maximum Gasteiger partial charge on any atom is 0.229 e. The van der Waals surface area contributed by atoms with Gasteiger partial charge in [0.2, 0.25) is 5.91 Å². The van der Waals surface area contributed by atoms with E-state index in [1.165, 1.54) is 11.1 Å². The fourth-order valence-electron chi connectivity index (χ4n) is 3.14. The summed E-state index contributed by atoms with van der Waals surface area (Å²) < 4.78 is 5.72. The molecule has 5 heteroatoms. The Morgan fingerprint density at radius 2 is 1.72 bits per heavy atom. The summed E-state index contributed by atoms with van der Waals surface area (Å²) in [6, 6.07) is 12.1. The van der Waals surface area contributed by atoms with Crippen LogP contribution in [0.1, 0.15) is 63.8 Å². The molecule has 0 aliphatic rings. The average Bonchev–Trinajstić information content (AvgIpc) is 2.66. The zero-order chi connectivity index (χ0) is 24.1. The first-order valence-electron chi connectivity index (χ1n) is 10.9. The molecule has 0 aliphatic carbocycles. The fourth-order valence-corrected chi connectivity index (χ4v) is 4.00. The van der Waals surface area contributed by atoms with Gasteiger partial charge >= 0.3 is 0 Å². The highest BCUT2D eigenvalue weighted by Crippen LogP contribution is 2.32. The molecule has 0 fully saturated rings. The molecule has 0 saturated carbocycles. The molecular formula is C27H37NO3S. The summed E-state index contributed by atoms with van der Waals surface area (Å²) in [6.07, 6.45) is 1.12. The molecule has 0 aromatic heterocycles. The van der Waals surface area contributed by atoms with E-state index in [9.17, 15) is 9.90 Å². The quantitative estimate of drug-likeness (QED) is 0.424. The van der Waals surface area contributed by atoms with Crippen LogP contribution in [0.2, 0.25) is 0 Å². The van der Waals surface area contributed by atoms with E-state index in [0.717, 1.165) is 28.3 Å². The third kappa shape index (κ3) is 7.94.